The van der Waals surface area contributed by atoms with Gasteiger partial charge in [0, 0.05) is 23.9 Å². The van der Waals surface area contributed by atoms with Gasteiger partial charge in [-0.05, 0) is 38.3 Å². The molecular weight excluding hydrogens is 337 g/mol. The van der Waals surface area contributed by atoms with E-state index in [9.17, 15) is 9.50 Å². The van der Waals surface area contributed by atoms with Crippen LogP contribution in [0.25, 0.3) is 0 Å². The van der Waals surface area contributed by atoms with Gasteiger partial charge in [0.05, 0.1) is 11.1 Å². The van der Waals surface area contributed by atoms with Gasteiger partial charge in [0.2, 0.25) is 0 Å². The van der Waals surface area contributed by atoms with Gasteiger partial charge in [0.15, 0.2) is 0 Å². The predicted molar refractivity (Wildman–Crippen MR) is 101 cm³/mol. The van der Waals surface area contributed by atoms with E-state index in [2.05, 4.69) is 12.2 Å². The fraction of sp³-hybridized carbons (Fsp3) is 0.429. The Hall–Kier alpha value is -1.42. The molecule has 2 N–H and O–H groups in total. The molecule has 0 amide bonds. The standard InChI is InChI=1S/C21H25ClFNO/c1-13-5-3-6-16(19(25)12-9-13)20(14(2)24-15-10-11-15)17-7-4-8-18(22)21(17)23/h3-9,12,14-16,19-20,24-25H,10-11H2,1-2H3/b6-3+,12-9?,13-5?. The Balaban J connectivity index is 2.00. The molecule has 3 rings (SSSR count). The van der Waals surface area contributed by atoms with Gasteiger partial charge in [-0.25, -0.2) is 4.39 Å². The Kier molecular flexibility index (Phi) is 5.78. The Labute approximate surface area is 154 Å². The van der Waals surface area contributed by atoms with Crippen LogP contribution >= 0.6 is 11.6 Å². The first-order chi connectivity index (χ1) is 12.0. The number of hydrogen-bond donors (Lipinski definition) is 2. The smallest absolute Gasteiger partial charge is 0.145 e. The van der Waals surface area contributed by atoms with E-state index in [4.69, 9.17) is 11.6 Å². The van der Waals surface area contributed by atoms with E-state index in [0.717, 1.165) is 18.4 Å². The molecule has 0 aromatic heterocycles. The molecule has 4 heteroatoms. The van der Waals surface area contributed by atoms with Gasteiger partial charge in [0.1, 0.15) is 5.82 Å². The number of nitrogens with one attached hydrogen (secondary N) is 1. The lowest BCUT2D eigenvalue weighted by molar-refractivity contribution is 0.148. The highest BCUT2D eigenvalue weighted by Gasteiger charge is 2.35. The second-order valence-corrected chi connectivity index (χ2v) is 7.53. The summed E-state index contributed by atoms with van der Waals surface area (Å²) in [6, 6.07) is 5.62. The fourth-order valence-corrected chi connectivity index (χ4v) is 3.71. The van der Waals surface area contributed by atoms with E-state index in [1.807, 2.05) is 31.2 Å². The van der Waals surface area contributed by atoms with Gasteiger partial charge in [-0.2, -0.15) is 0 Å². The van der Waals surface area contributed by atoms with Crippen LogP contribution in [0.4, 0.5) is 4.39 Å². The Morgan fingerprint density at radius 1 is 1.28 bits per heavy atom. The highest BCUT2D eigenvalue weighted by atomic mass is 35.5. The zero-order valence-corrected chi connectivity index (χ0v) is 15.4. The molecular formula is C21H25ClFNO. The first kappa shape index (κ1) is 18.4. The highest BCUT2D eigenvalue weighted by molar-refractivity contribution is 6.30. The van der Waals surface area contributed by atoms with E-state index in [0.29, 0.717) is 11.6 Å². The van der Waals surface area contributed by atoms with Crippen LogP contribution in [0, 0.1) is 11.7 Å². The summed E-state index contributed by atoms with van der Waals surface area (Å²) in [6.07, 6.45) is 11.2. The van der Waals surface area contributed by atoms with Gasteiger partial charge in [-0.1, -0.05) is 59.7 Å². The lowest BCUT2D eigenvalue weighted by Gasteiger charge is -2.34. The molecule has 134 valence electrons. The molecule has 2 nitrogen and oxygen atoms in total. The molecule has 2 aliphatic carbocycles. The van der Waals surface area contributed by atoms with Gasteiger partial charge in [0.25, 0.3) is 0 Å². The summed E-state index contributed by atoms with van der Waals surface area (Å²) < 4.78 is 14.8. The zero-order chi connectivity index (χ0) is 18.0. The third-order valence-electron chi connectivity index (χ3n) is 5.01. The Morgan fingerprint density at radius 2 is 2.04 bits per heavy atom. The molecule has 2 aliphatic rings. The van der Waals surface area contributed by atoms with E-state index in [-0.39, 0.29) is 22.9 Å². The summed E-state index contributed by atoms with van der Waals surface area (Å²) in [5.41, 5.74) is 1.62. The van der Waals surface area contributed by atoms with Crippen LogP contribution < -0.4 is 5.32 Å². The van der Waals surface area contributed by atoms with E-state index in [1.165, 1.54) is 0 Å². The van der Waals surface area contributed by atoms with Crippen LogP contribution in [0.1, 0.15) is 38.2 Å². The van der Waals surface area contributed by atoms with Crippen molar-refractivity contribution in [3.05, 3.63) is 70.6 Å². The van der Waals surface area contributed by atoms with E-state index in [1.54, 1.807) is 24.3 Å². The SMILES string of the molecule is CC1=C/C=C/C(C(c2cccc(Cl)c2F)C(C)NC2CC2)C(O)C=C1. The number of aliphatic hydroxyl groups excluding tert-OH is 1. The van der Waals surface area contributed by atoms with Crippen LogP contribution in [0.2, 0.25) is 5.02 Å². The summed E-state index contributed by atoms with van der Waals surface area (Å²) in [5.74, 6) is -0.853. The summed E-state index contributed by atoms with van der Waals surface area (Å²) in [6.45, 7) is 4.05. The molecule has 0 spiro atoms. The minimum Gasteiger partial charge on any atom is -0.388 e. The molecule has 1 fully saturated rings. The molecule has 25 heavy (non-hydrogen) atoms. The number of hydrogen-bond acceptors (Lipinski definition) is 2. The van der Waals surface area contributed by atoms with Crippen molar-refractivity contribution in [2.75, 3.05) is 0 Å². The summed E-state index contributed by atoms with van der Waals surface area (Å²) in [5, 5.41) is 14.4. The van der Waals surface area contributed by atoms with Crippen LogP contribution in [-0.4, -0.2) is 23.3 Å². The second-order valence-electron chi connectivity index (χ2n) is 7.12. The minimum absolute atomic E-state index is 0.0164. The van der Waals surface area contributed by atoms with Crippen LogP contribution in [0.5, 0.6) is 0 Å². The second kappa shape index (κ2) is 7.86. The Morgan fingerprint density at radius 3 is 2.76 bits per heavy atom. The maximum absolute atomic E-state index is 14.8. The van der Waals surface area contributed by atoms with Crippen molar-refractivity contribution >= 4 is 11.6 Å². The van der Waals surface area contributed by atoms with E-state index < -0.39 is 11.9 Å². The molecule has 1 aromatic carbocycles. The van der Waals surface area contributed by atoms with Gasteiger partial charge < -0.3 is 10.4 Å². The number of benzene rings is 1. The lowest BCUT2D eigenvalue weighted by Crippen LogP contribution is -2.40. The quantitative estimate of drug-likeness (QED) is 0.793. The van der Waals surface area contributed by atoms with Gasteiger partial charge >= 0.3 is 0 Å². The van der Waals surface area contributed by atoms with Crippen molar-refractivity contribution in [3.63, 3.8) is 0 Å². The minimum atomic E-state index is -0.688. The first-order valence-corrected chi connectivity index (χ1v) is 9.26. The molecule has 0 bridgehead atoms. The monoisotopic (exact) mass is 361 g/mol. The predicted octanol–water partition coefficient (Wildman–Crippen LogP) is 4.75. The fourth-order valence-electron chi connectivity index (χ4n) is 3.53. The van der Waals surface area contributed by atoms with Gasteiger partial charge in [-0.15, -0.1) is 0 Å². The molecule has 1 saturated carbocycles. The maximum atomic E-state index is 14.8. The van der Waals surface area contributed by atoms with Gasteiger partial charge in [-0.3, -0.25) is 0 Å². The van der Waals surface area contributed by atoms with Crippen LogP contribution in [-0.2, 0) is 0 Å². The van der Waals surface area contributed by atoms with Crippen molar-refractivity contribution in [3.8, 4) is 0 Å². The van der Waals surface area contributed by atoms with Crippen molar-refractivity contribution < 1.29 is 9.50 Å². The molecule has 1 aromatic rings. The van der Waals surface area contributed by atoms with Crippen molar-refractivity contribution in [2.24, 2.45) is 5.92 Å². The molecule has 0 heterocycles. The average Bonchev–Trinajstić information content (AvgIpc) is 3.38. The summed E-state index contributed by atoms with van der Waals surface area (Å²) >= 11 is 6.03. The average molecular weight is 362 g/mol. The third-order valence-corrected chi connectivity index (χ3v) is 5.30. The number of rotatable bonds is 5. The maximum Gasteiger partial charge on any atom is 0.145 e. The highest BCUT2D eigenvalue weighted by Crippen LogP contribution is 2.37. The van der Waals surface area contributed by atoms with E-state index >= 15 is 0 Å². The number of aliphatic hydroxyl groups is 1. The summed E-state index contributed by atoms with van der Waals surface area (Å²) in [4.78, 5) is 0. The molecule has 0 radical (unpaired) electrons. The molecule has 4 unspecified atom stereocenters. The zero-order valence-electron chi connectivity index (χ0n) is 14.6. The van der Waals surface area contributed by atoms with Crippen molar-refractivity contribution in [2.45, 2.75) is 50.8 Å². The van der Waals surface area contributed by atoms with Crippen molar-refractivity contribution in [1.82, 2.24) is 5.32 Å². The molecule has 0 saturated heterocycles. The molecule has 0 aliphatic heterocycles. The van der Waals surface area contributed by atoms with Crippen LogP contribution in [0.15, 0.2) is 54.2 Å². The lowest BCUT2D eigenvalue weighted by atomic mass is 9.77. The van der Waals surface area contributed by atoms with Crippen molar-refractivity contribution in [1.29, 1.82) is 0 Å². The summed E-state index contributed by atoms with van der Waals surface area (Å²) in [7, 11) is 0. The third kappa shape index (κ3) is 4.41. The number of allylic oxidation sites excluding steroid dienone is 4. The normalized spacial score (nSPS) is 27.2. The van der Waals surface area contributed by atoms with Crippen LogP contribution in [0.3, 0.4) is 0 Å². The first-order valence-electron chi connectivity index (χ1n) is 8.88. The largest absolute Gasteiger partial charge is 0.388 e. The number of halogens is 2. The Bertz CT molecular complexity index is 708. The topological polar surface area (TPSA) is 32.3 Å². The molecule has 4 atom stereocenters.